The van der Waals surface area contributed by atoms with Gasteiger partial charge in [-0.15, -0.1) is 0 Å². The first-order chi connectivity index (χ1) is 5.60. The van der Waals surface area contributed by atoms with E-state index in [9.17, 15) is 4.79 Å². The average molecular weight is 334 g/mol. The van der Waals surface area contributed by atoms with Gasteiger partial charge in [-0.3, -0.25) is 0 Å². The van der Waals surface area contributed by atoms with Gasteiger partial charge < -0.3 is 0 Å². The van der Waals surface area contributed by atoms with Gasteiger partial charge in [-0.05, 0) is 0 Å². The van der Waals surface area contributed by atoms with Gasteiger partial charge in [0.2, 0.25) is 0 Å². The van der Waals surface area contributed by atoms with Crippen molar-refractivity contribution in [2.75, 3.05) is 0 Å². The Morgan fingerprint density at radius 2 is 2.17 bits per heavy atom. The van der Waals surface area contributed by atoms with Crippen LogP contribution in [0.15, 0.2) is 23.8 Å². The summed E-state index contributed by atoms with van der Waals surface area (Å²) in [6.07, 6.45) is 3.50. The van der Waals surface area contributed by atoms with Gasteiger partial charge >= 0.3 is 84.8 Å². The van der Waals surface area contributed by atoms with Crippen molar-refractivity contribution >= 4 is 10.2 Å². The van der Waals surface area contributed by atoms with E-state index in [0.717, 1.165) is 12.0 Å². The zero-order valence-electron chi connectivity index (χ0n) is 7.59. The van der Waals surface area contributed by atoms with Crippen molar-refractivity contribution in [1.82, 2.24) is 0 Å². The third-order valence-corrected chi connectivity index (χ3v) is 2.51. The van der Waals surface area contributed by atoms with E-state index in [1.54, 1.807) is 6.92 Å². The second kappa shape index (κ2) is 6.25. The van der Waals surface area contributed by atoms with E-state index >= 15 is 0 Å². The second-order valence-electron chi connectivity index (χ2n) is 2.73. The Kier molecular flexibility index (Phi) is 6.10. The van der Waals surface area contributed by atoms with E-state index in [2.05, 4.69) is 17.9 Å². The Labute approximate surface area is 85.0 Å². The van der Waals surface area contributed by atoms with Crippen LogP contribution in [-0.2, 0) is 24.1 Å². The molecule has 0 amide bonds. The number of hydrogen-bond donors (Lipinski definition) is 0. The first kappa shape index (κ1) is 11.7. The molecule has 0 atom stereocenters. The van der Waals surface area contributed by atoms with Crippen LogP contribution in [0.3, 0.4) is 0 Å². The molecular formula is C10H14OW. The number of allylic oxidation sites excluding steroid dienone is 3. The molecule has 0 aromatic heterocycles. The van der Waals surface area contributed by atoms with E-state index in [-0.39, 0.29) is 5.78 Å². The molecule has 0 saturated carbocycles. The summed E-state index contributed by atoms with van der Waals surface area (Å²) >= 11 is 1.44. The van der Waals surface area contributed by atoms with Crippen molar-refractivity contribution in [3.63, 3.8) is 0 Å². The van der Waals surface area contributed by atoms with Crippen LogP contribution in [-0.4, -0.2) is 10.2 Å². The minimum atomic E-state index is 0.176. The molecule has 0 aliphatic heterocycles. The van der Waals surface area contributed by atoms with Gasteiger partial charge in [0.25, 0.3) is 0 Å². The Hall–Kier alpha value is -0.292. The second-order valence-corrected chi connectivity index (χ2v) is 3.57. The van der Waals surface area contributed by atoms with Crippen LogP contribution in [0.5, 0.6) is 0 Å². The molecule has 66 valence electrons. The number of carbonyl (C=O) groups is 1. The molecule has 0 aromatic carbocycles. The molecule has 0 spiro atoms. The van der Waals surface area contributed by atoms with Gasteiger partial charge in [-0.1, -0.05) is 0 Å². The Morgan fingerprint density at radius 1 is 1.58 bits per heavy atom. The summed E-state index contributed by atoms with van der Waals surface area (Å²) in [5, 5.41) is 0. The summed E-state index contributed by atoms with van der Waals surface area (Å²) in [6.45, 7) is 7.51. The molecule has 0 aliphatic rings. The Balaban J connectivity index is 4.21. The summed E-state index contributed by atoms with van der Waals surface area (Å²) < 4.78 is 2.13. The molecule has 0 fully saturated rings. The predicted molar refractivity (Wildman–Crippen MR) is 48.9 cm³/mol. The SMILES string of the molecule is C=C(/C=C(\[CH]=[W])CC)CC(C)=O. The summed E-state index contributed by atoms with van der Waals surface area (Å²) in [4.78, 5) is 10.7. The molecule has 2 heteroatoms. The first-order valence-corrected chi connectivity index (χ1v) is 5.62. The third-order valence-electron chi connectivity index (χ3n) is 1.43. The molecule has 0 radical (unpaired) electrons. The topological polar surface area (TPSA) is 17.1 Å². The van der Waals surface area contributed by atoms with Crippen LogP contribution in [0, 0.1) is 0 Å². The molecule has 0 saturated heterocycles. The minimum absolute atomic E-state index is 0.176. The summed E-state index contributed by atoms with van der Waals surface area (Å²) in [5.74, 6) is 0.176. The normalized spacial score (nSPS) is 11.0. The van der Waals surface area contributed by atoms with Crippen LogP contribution in [0.2, 0.25) is 0 Å². The van der Waals surface area contributed by atoms with Crippen LogP contribution >= 0.6 is 0 Å². The summed E-state index contributed by atoms with van der Waals surface area (Å²) in [7, 11) is 0. The van der Waals surface area contributed by atoms with Gasteiger partial charge in [-0.25, -0.2) is 0 Å². The van der Waals surface area contributed by atoms with Gasteiger partial charge in [0, 0.05) is 0 Å². The van der Waals surface area contributed by atoms with Crippen molar-refractivity contribution in [2.24, 2.45) is 0 Å². The van der Waals surface area contributed by atoms with Gasteiger partial charge in [0.05, 0.1) is 0 Å². The number of carbonyl (C=O) groups excluding carboxylic acids is 1. The monoisotopic (exact) mass is 334 g/mol. The van der Waals surface area contributed by atoms with Crippen LogP contribution in [0.1, 0.15) is 26.7 Å². The fourth-order valence-corrected chi connectivity index (χ4v) is 1.70. The molecule has 0 bridgehead atoms. The summed E-state index contributed by atoms with van der Waals surface area (Å²) in [5.41, 5.74) is 2.19. The molecule has 0 rings (SSSR count). The van der Waals surface area contributed by atoms with Crippen LogP contribution < -0.4 is 0 Å². The molecule has 1 nitrogen and oxygen atoms in total. The summed E-state index contributed by atoms with van der Waals surface area (Å²) in [6, 6.07) is 0. The molecule has 0 aliphatic carbocycles. The average Bonchev–Trinajstić information content (AvgIpc) is 1.98. The molecular weight excluding hydrogens is 320 g/mol. The molecule has 12 heavy (non-hydrogen) atoms. The maximum atomic E-state index is 10.7. The Bertz CT molecular complexity index is 226. The van der Waals surface area contributed by atoms with Crippen molar-refractivity contribution in [3.8, 4) is 0 Å². The fourth-order valence-electron chi connectivity index (χ4n) is 0.852. The van der Waals surface area contributed by atoms with Crippen molar-refractivity contribution < 1.29 is 24.1 Å². The number of ketones is 1. The number of hydrogen-bond acceptors (Lipinski definition) is 1. The van der Waals surface area contributed by atoms with Gasteiger partial charge in [0.15, 0.2) is 0 Å². The Morgan fingerprint density at radius 3 is 2.50 bits per heavy atom. The van der Waals surface area contributed by atoms with Crippen molar-refractivity contribution in [3.05, 3.63) is 23.8 Å². The molecule has 0 N–H and O–H groups in total. The predicted octanol–water partition coefficient (Wildman–Crippen LogP) is 2.21. The molecule has 0 aromatic rings. The number of Topliss-reactive ketones (excluding diaryl/α,β-unsaturated/α-hetero) is 1. The van der Waals surface area contributed by atoms with Gasteiger partial charge in [-0.2, -0.15) is 0 Å². The maximum absolute atomic E-state index is 10.7. The third kappa shape index (κ3) is 5.37. The van der Waals surface area contributed by atoms with Crippen molar-refractivity contribution in [1.29, 1.82) is 0 Å². The molecule has 0 unspecified atom stereocenters. The zero-order chi connectivity index (χ0) is 9.56. The van der Waals surface area contributed by atoms with E-state index < -0.39 is 0 Å². The van der Waals surface area contributed by atoms with Crippen molar-refractivity contribution in [2.45, 2.75) is 26.7 Å². The van der Waals surface area contributed by atoms with E-state index in [4.69, 9.17) is 0 Å². The van der Waals surface area contributed by atoms with Crippen LogP contribution in [0.4, 0.5) is 0 Å². The molecule has 0 heterocycles. The first-order valence-electron chi connectivity index (χ1n) is 3.93. The quantitative estimate of drug-likeness (QED) is 0.705. The van der Waals surface area contributed by atoms with Crippen LogP contribution in [0.25, 0.3) is 0 Å². The van der Waals surface area contributed by atoms with E-state index in [1.807, 2.05) is 6.08 Å². The standard InChI is InChI=1S/C10H14O.W/c1-5-8(2)6-9(3)7-10(4)11;/h2,6H,3,5,7H2,1,4H3;/b8-6+;. The van der Waals surface area contributed by atoms with E-state index in [0.29, 0.717) is 6.42 Å². The van der Waals surface area contributed by atoms with E-state index in [1.165, 1.54) is 24.9 Å². The zero-order valence-corrected chi connectivity index (χ0v) is 10.5. The van der Waals surface area contributed by atoms with Gasteiger partial charge in [0.1, 0.15) is 0 Å². The fraction of sp³-hybridized carbons (Fsp3) is 0.400. The number of rotatable bonds is 5.